The first-order valence-corrected chi connectivity index (χ1v) is 6.77. The van der Waals surface area contributed by atoms with Crippen LogP contribution in [0.15, 0.2) is 60.7 Å². The Labute approximate surface area is 124 Å². The lowest BCUT2D eigenvalue weighted by molar-refractivity contribution is 0.111. The third-order valence-electron chi connectivity index (χ3n) is 3.21. The van der Waals surface area contributed by atoms with Crippen LogP contribution in [0.5, 0.6) is 0 Å². The lowest BCUT2D eigenvalue weighted by Gasteiger charge is -2.24. The molecule has 0 amide bonds. The van der Waals surface area contributed by atoms with Crippen molar-refractivity contribution < 1.29 is 9.59 Å². The maximum absolute atomic E-state index is 10.7. The molecule has 0 aliphatic rings. The van der Waals surface area contributed by atoms with Crippen molar-refractivity contribution in [3.05, 3.63) is 71.8 Å². The van der Waals surface area contributed by atoms with E-state index in [1.807, 2.05) is 37.3 Å². The van der Waals surface area contributed by atoms with Gasteiger partial charge in [0.15, 0.2) is 0 Å². The molecule has 3 nitrogen and oxygen atoms in total. The van der Waals surface area contributed by atoms with E-state index in [2.05, 4.69) is 11.0 Å². The summed E-state index contributed by atoms with van der Waals surface area (Å²) in [6.45, 7) is 2.69. The number of carbonyl (C=O) groups excluding carboxylic acids is 2. The van der Waals surface area contributed by atoms with Crippen LogP contribution in [0.2, 0.25) is 0 Å². The molecule has 2 rings (SSSR count). The van der Waals surface area contributed by atoms with Crippen LogP contribution in [0.1, 0.15) is 27.6 Å². The second-order valence-corrected chi connectivity index (χ2v) is 4.60. The van der Waals surface area contributed by atoms with Crippen LogP contribution in [0.25, 0.3) is 0 Å². The fourth-order valence-electron chi connectivity index (χ4n) is 2.04. The molecule has 0 radical (unpaired) electrons. The zero-order chi connectivity index (χ0) is 15.1. The maximum atomic E-state index is 10.7. The average Bonchev–Trinajstić information content (AvgIpc) is 2.56. The van der Waals surface area contributed by atoms with Crippen molar-refractivity contribution >= 4 is 23.9 Å². The number of aldehydes is 2. The zero-order valence-corrected chi connectivity index (χ0v) is 11.9. The van der Waals surface area contributed by atoms with E-state index < -0.39 is 0 Å². The summed E-state index contributed by atoms with van der Waals surface area (Å²) < 4.78 is 0. The predicted octanol–water partition coefficient (Wildman–Crippen LogP) is 4.03. The largest absolute Gasteiger partial charge is 0.338 e. The normalized spacial score (nSPS) is 10.5. The fourth-order valence-corrected chi connectivity index (χ4v) is 2.04. The van der Waals surface area contributed by atoms with Gasteiger partial charge in [0.05, 0.1) is 0 Å². The second kappa shape index (κ2) is 7.20. The molecule has 0 saturated heterocycles. The minimum atomic E-state index is 0.654. The standard InChI is InChI=1S/C18H17NO2/c1-2-3-12-19(17-8-4-15(13-20)5-9-17)18-10-6-16(14-21)7-11-18/h2-11,13-14H,12H2,1H3. The van der Waals surface area contributed by atoms with Crippen molar-refractivity contribution in [3.63, 3.8) is 0 Å². The van der Waals surface area contributed by atoms with Crippen molar-refractivity contribution in [1.82, 2.24) is 0 Å². The van der Waals surface area contributed by atoms with Gasteiger partial charge in [0.1, 0.15) is 12.6 Å². The first-order chi connectivity index (χ1) is 10.3. The first kappa shape index (κ1) is 14.7. The van der Waals surface area contributed by atoms with E-state index in [-0.39, 0.29) is 0 Å². The number of benzene rings is 2. The highest BCUT2D eigenvalue weighted by molar-refractivity contribution is 5.78. The van der Waals surface area contributed by atoms with E-state index in [1.54, 1.807) is 24.3 Å². The zero-order valence-electron chi connectivity index (χ0n) is 11.9. The smallest absolute Gasteiger partial charge is 0.150 e. The molecule has 0 atom stereocenters. The molecule has 0 fully saturated rings. The topological polar surface area (TPSA) is 37.4 Å². The van der Waals surface area contributed by atoms with E-state index in [4.69, 9.17) is 0 Å². The van der Waals surface area contributed by atoms with Gasteiger partial charge in [0, 0.05) is 29.0 Å². The highest BCUT2D eigenvalue weighted by Gasteiger charge is 2.08. The summed E-state index contributed by atoms with van der Waals surface area (Å²) in [4.78, 5) is 23.6. The van der Waals surface area contributed by atoms with Gasteiger partial charge in [-0.1, -0.05) is 12.2 Å². The molecule has 0 saturated carbocycles. The number of rotatable bonds is 6. The SMILES string of the molecule is CC=CCN(c1ccc(C=O)cc1)c1ccc(C=O)cc1. The molecule has 0 spiro atoms. The van der Waals surface area contributed by atoms with Crippen LogP contribution in [-0.4, -0.2) is 19.1 Å². The molecule has 3 heteroatoms. The third kappa shape index (κ3) is 3.66. The van der Waals surface area contributed by atoms with Crippen LogP contribution < -0.4 is 4.90 Å². The van der Waals surface area contributed by atoms with Gasteiger partial charge in [0.25, 0.3) is 0 Å². The molecule has 0 aromatic heterocycles. The van der Waals surface area contributed by atoms with Crippen molar-refractivity contribution in [1.29, 1.82) is 0 Å². The molecule has 21 heavy (non-hydrogen) atoms. The number of anilines is 2. The molecule has 0 aliphatic carbocycles. The van der Waals surface area contributed by atoms with Gasteiger partial charge in [-0.15, -0.1) is 0 Å². The predicted molar refractivity (Wildman–Crippen MR) is 85.5 cm³/mol. The summed E-state index contributed by atoms with van der Waals surface area (Å²) in [5.41, 5.74) is 3.30. The highest BCUT2D eigenvalue weighted by Crippen LogP contribution is 2.25. The summed E-state index contributed by atoms with van der Waals surface area (Å²) >= 11 is 0. The minimum absolute atomic E-state index is 0.654. The summed E-state index contributed by atoms with van der Waals surface area (Å²) in [5.74, 6) is 0. The van der Waals surface area contributed by atoms with Crippen LogP contribution >= 0.6 is 0 Å². The maximum Gasteiger partial charge on any atom is 0.150 e. The van der Waals surface area contributed by atoms with E-state index in [1.165, 1.54) is 0 Å². The molecule has 0 bridgehead atoms. The first-order valence-electron chi connectivity index (χ1n) is 6.77. The van der Waals surface area contributed by atoms with Gasteiger partial charge in [-0.05, 0) is 55.5 Å². The quantitative estimate of drug-likeness (QED) is 0.592. The number of nitrogens with zero attached hydrogens (tertiary/aromatic N) is 1. The van der Waals surface area contributed by atoms with Crippen LogP contribution in [0.4, 0.5) is 11.4 Å². The van der Waals surface area contributed by atoms with Crippen LogP contribution in [-0.2, 0) is 0 Å². The molecule has 0 heterocycles. The summed E-state index contributed by atoms with van der Waals surface area (Å²) in [6.07, 6.45) is 5.71. The minimum Gasteiger partial charge on any atom is -0.338 e. The average molecular weight is 279 g/mol. The highest BCUT2D eigenvalue weighted by atomic mass is 16.1. The number of hydrogen-bond donors (Lipinski definition) is 0. The lowest BCUT2D eigenvalue weighted by Crippen LogP contribution is -2.16. The molecular formula is C18H17NO2. The molecule has 106 valence electrons. The Morgan fingerprint density at radius 3 is 1.57 bits per heavy atom. The Hall–Kier alpha value is -2.68. The van der Waals surface area contributed by atoms with E-state index >= 15 is 0 Å². The van der Waals surface area contributed by atoms with Gasteiger partial charge in [0.2, 0.25) is 0 Å². The Kier molecular flexibility index (Phi) is 5.04. The van der Waals surface area contributed by atoms with Gasteiger partial charge >= 0.3 is 0 Å². The van der Waals surface area contributed by atoms with E-state index in [9.17, 15) is 9.59 Å². The van der Waals surface area contributed by atoms with Crippen molar-refractivity contribution in [3.8, 4) is 0 Å². The van der Waals surface area contributed by atoms with E-state index in [0.717, 1.165) is 30.5 Å². The van der Waals surface area contributed by atoms with Gasteiger partial charge in [-0.3, -0.25) is 9.59 Å². The van der Waals surface area contributed by atoms with Gasteiger partial charge < -0.3 is 4.90 Å². The Morgan fingerprint density at radius 2 is 1.24 bits per heavy atom. The van der Waals surface area contributed by atoms with E-state index in [0.29, 0.717) is 11.1 Å². The van der Waals surface area contributed by atoms with Crippen molar-refractivity contribution in [2.45, 2.75) is 6.92 Å². The number of carbonyl (C=O) groups is 2. The molecule has 2 aromatic carbocycles. The monoisotopic (exact) mass is 279 g/mol. The summed E-state index contributed by atoms with van der Waals surface area (Å²) in [5, 5.41) is 0. The Balaban J connectivity index is 2.35. The van der Waals surface area contributed by atoms with Gasteiger partial charge in [-0.2, -0.15) is 0 Å². The lowest BCUT2D eigenvalue weighted by atomic mass is 10.1. The van der Waals surface area contributed by atoms with Gasteiger partial charge in [-0.25, -0.2) is 0 Å². The van der Waals surface area contributed by atoms with Crippen LogP contribution in [0.3, 0.4) is 0 Å². The Bertz CT molecular complexity index is 576. The second-order valence-electron chi connectivity index (χ2n) is 4.60. The van der Waals surface area contributed by atoms with Crippen LogP contribution in [0, 0.1) is 0 Å². The fraction of sp³-hybridized carbons (Fsp3) is 0.111. The van der Waals surface area contributed by atoms with Crippen molar-refractivity contribution in [2.24, 2.45) is 0 Å². The molecular weight excluding hydrogens is 262 g/mol. The molecule has 2 aromatic rings. The number of allylic oxidation sites excluding steroid dienone is 1. The van der Waals surface area contributed by atoms with Crippen molar-refractivity contribution in [2.75, 3.05) is 11.4 Å². The number of hydrogen-bond acceptors (Lipinski definition) is 3. The summed E-state index contributed by atoms with van der Waals surface area (Å²) in [6, 6.07) is 14.9. The molecule has 0 unspecified atom stereocenters. The molecule has 0 aliphatic heterocycles. The third-order valence-corrected chi connectivity index (χ3v) is 3.21. The Morgan fingerprint density at radius 1 is 0.810 bits per heavy atom. The molecule has 0 N–H and O–H groups in total. The summed E-state index contributed by atoms with van der Waals surface area (Å²) in [7, 11) is 0.